The minimum atomic E-state index is -4.77. The minimum Gasteiger partial charge on any atom is -0.380 e. The number of benzene rings is 2. The van der Waals surface area contributed by atoms with Crippen molar-refractivity contribution in [3.63, 3.8) is 0 Å². The summed E-state index contributed by atoms with van der Waals surface area (Å²) < 4.78 is 83.4. The Hall–Kier alpha value is -7.82. The summed E-state index contributed by atoms with van der Waals surface area (Å²) in [5, 5.41) is 18.9. The van der Waals surface area contributed by atoms with E-state index in [-0.39, 0.29) is 66.4 Å². The monoisotopic (exact) mass is 1090 g/mol. The second-order valence-corrected chi connectivity index (χ2v) is 22.4. The van der Waals surface area contributed by atoms with Crippen LogP contribution in [-0.2, 0) is 4.79 Å². The van der Waals surface area contributed by atoms with Crippen LogP contribution in [0.15, 0.2) is 79.5 Å². The lowest BCUT2D eigenvalue weighted by molar-refractivity contribution is -0.297. The Labute approximate surface area is 451 Å². The molecule has 1 saturated carbocycles. The normalized spacial score (nSPS) is 19.2. The highest BCUT2D eigenvalue weighted by Crippen LogP contribution is 2.49. The molecule has 17 nitrogen and oxygen atoms in total. The van der Waals surface area contributed by atoms with Gasteiger partial charge in [-0.15, -0.1) is 0 Å². The van der Waals surface area contributed by atoms with Crippen molar-refractivity contribution in [3.8, 4) is 22.5 Å². The molecule has 0 bridgehead atoms. The fourth-order valence-electron chi connectivity index (χ4n) is 10.5. The molecular weight excluding hydrogens is 1030 g/mol. The summed E-state index contributed by atoms with van der Waals surface area (Å²) in [7, 11) is 0. The molecule has 0 atom stereocenters. The van der Waals surface area contributed by atoms with Crippen LogP contribution in [0.25, 0.3) is 33.8 Å². The fraction of sp³-hybridized carbons (Fsp3) is 0.429. The Morgan fingerprint density at radius 3 is 1.58 bits per heavy atom. The SMILES string of the molecule is CC(C)c1cc(-c2ccc(F)c(F)c2)nn2cc(C(=O)N3CCN(C(=O)c4ccncn4)CC3(C)C)nc12.Cc1cc(-c2cc(C(C)C)c3nc(C(=O)N4CCN(C(=O)C5CC(O)(C(F)(F)F)C5)CC4(C)C)cn3n2)ccc1F. The van der Waals surface area contributed by atoms with E-state index in [1.165, 1.54) is 34.1 Å². The third kappa shape index (κ3) is 10.9. The summed E-state index contributed by atoms with van der Waals surface area (Å²) in [5.41, 5.74) is 1.81. The van der Waals surface area contributed by atoms with Gasteiger partial charge in [-0.2, -0.15) is 23.4 Å². The highest BCUT2D eigenvalue weighted by Gasteiger charge is 2.63. The lowest BCUT2D eigenvalue weighted by Crippen LogP contribution is -2.65. The smallest absolute Gasteiger partial charge is 0.380 e. The summed E-state index contributed by atoms with van der Waals surface area (Å²) >= 11 is 0. The lowest BCUT2D eigenvalue weighted by atomic mass is 9.69. The second-order valence-electron chi connectivity index (χ2n) is 22.4. The van der Waals surface area contributed by atoms with Crippen LogP contribution in [0.2, 0.25) is 0 Å². The summed E-state index contributed by atoms with van der Waals surface area (Å²) in [6, 6.07) is 13.6. The first-order chi connectivity index (χ1) is 37.1. The molecule has 2 aliphatic heterocycles. The Morgan fingerprint density at radius 2 is 1.13 bits per heavy atom. The zero-order valence-corrected chi connectivity index (χ0v) is 45.1. The number of hydrogen-bond donors (Lipinski definition) is 1. The fourth-order valence-corrected chi connectivity index (χ4v) is 10.5. The first-order valence-electron chi connectivity index (χ1n) is 25.9. The van der Waals surface area contributed by atoms with Gasteiger partial charge < -0.3 is 24.7 Å². The first-order valence-corrected chi connectivity index (χ1v) is 25.9. The molecule has 3 aliphatic rings. The number of nitrogens with zero attached hydrogens (tertiary/aromatic N) is 12. The zero-order chi connectivity index (χ0) is 57.3. The maximum absolute atomic E-state index is 13.9. The van der Waals surface area contributed by atoms with Crippen molar-refractivity contribution in [1.82, 2.24) is 58.8 Å². The molecule has 0 radical (unpaired) electrons. The van der Waals surface area contributed by atoms with E-state index in [4.69, 9.17) is 0 Å². The summed E-state index contributed by atoms with van der Waals surface area (Å²) in [4.78, 5) is 76.8. The van der Waals surface area contributed by atoms with Gasteiger partial charge in [0.05, 0.1) is 34.9 Å². The van der Waals surface area contributed by atoms with E-state index in [0.29, 0.717) is 59.1 Å². The highest BCUT2D eigenvalue weighted by molar-refractivity contribution is 5.96. The quantitative estimate of drug-likeness (QED) is 0.144. The van der Waals surface area contributed by atoms with Gasteiger partial charge in [-0.05, 0) is 119 Å². The molecule has 7 heterocycles. The number of aryl methyl sites for hydroxylation is 1. The van der Waals surface area contributed by atoms with E-state index in [1.54, 1.807) is 76.6 Å². The number of hydrogen-bond acceptors (Lipinski definition) is 11. The molecule has 7 aromatic rings. The number of amides is 4. The molecule has 2 aromatic carbocycles. The van der Waals surface area contributed by atoms with Crippen molar-refractivity contribution in [2.75, 3.05) is 39.3 Å². The number of aromatic nitrogens is 8. The minimum absolute atomic E-state index is 0.0303. The van der Waals surface area contributed by atoms with Crippen LogP contribution in [0, 0.1) is 30.3 Å². The van der Waals surface area contributed by atoms with Gasteiger partial charge >= 0.3 is 6.18 Å². The van der Waals surface area contributed by atoms with E-state index in [1.807, 2.05) is 47.6 Å². The number of carbonyl (C=O) groups is 4. The van der Waals surface area contributed by atoms with Crippen LogP contribution >= 0.6 is 0 Å². The molecule has 0 spiro atoms. The molecule has 2 saturated heterocycles. The van der Waals surface area contributed by atoms with Crippen LogP contribution in [0.1, 0.15) is 128 Å². The van der Waals surface area contributed by atoms with E-state index >= 15 is 0 Å². The van der Waals surface area contributed by atoms with Crippen molar-refractivity contribution in [1.29, 1.82) is 0 Å². The molecule has 1 N–H and O–H groups in total. The van der Waals surface area contributed by atoms with Gasteiger partial charge in [0.15, 0.2) is 28.5 Å². The molecule has 3 fully saturated rings. The maximum Gasteiger partial charge on any atom is 0.417 e. The van der Waals surface area contributed by atoms with Crippen LogP contribution in [0.3, 0.4) is 0 Å². The Balaban J connectivity index is 0.000000192. The van der Waals surface area contributed by atoms with Gasteiger partial charge in [-0.1, -0.05) is 27.7 Å². The number of imidazole rings is 2. The summed E-state index contributed by atoms with van der Waals surface area (Å²) in [6.45, 7) is 18.5. The zero-order valence-electron chi connectivity index (χ0n) is 45.1. The van der Waals surface area contributed by atoms with Crippen molar-refractivity contribution < 1.29 is 50.6 Å². The number of aliphatic hydroxyl groups is 1. The Morgan fingerprint density at radius 1 is 0.633 bits per heavy atom. The molecular formula is C56H60F6N12O5. The average Bonchev–Trinajstić information content (AvgIpc) is 4.19. The number of carbonyl (C=O) groups excluding carboxylic acids is 4. The number of rotatable bonds is 8. The number of piperazine rings is 2. The third-order valence-electron chi connectivity index (χ3n) is 15.0. The van der Waals surface area contributed by atoms with Gasteiger partial charge in [0.1, 0.15) is 29.2 Å². The van der Waals surface area contributed by atoms with Gasteiger partial charge in [0, 0.05) is 73.6 Å². The molecule has 10 rings (SSSR count). The third-order valence-corrected chi connectivity index (χ3v) is 15.0. The van der Waals surface area contributed by atoms with Crippen molar-refractivity contribution >= 4 is 34.9 Å². The van der Waals surface area contributed by atoms with Crippen LogP contribution in [0.4, 0.5) is 26.3 Å². The van der Waals surface area contributed by atoms with Gasteiger partial charge in [-0.25, -0.2) is 42.1 Å². The maximum atomic E-state index is 13.9. The predicted molar refractivity (Wildman–Crippen MR) is 278 cm³/mol. The Bertz CT molecular complexity index is 3520. The van der Waals surface area contributed by atoms with Crippen molar-refractivity contribution in [2.24, 2.45) is 5.92 Å². The number of alkyl halides is 3. The lowest BCUT2D eigenvalue weighted by Gasteiger charge is -2.50. The highest BCUT2D eigenvalue weighted by atomic mass is 19.4. The number of fused-ring (bicyclic) bond motifs is 2. The predicted octanol–water partition coefficient (Wildman–Crippen LogP) is 8.70. The van der Waals surface area contributed by atoms with E-state index in [9.17, 15) is 50.6 Å². The van der Waals surface area contributed by atoms with Gasteiger partial charge in [0.25, 0.3) is 17.7 Å². The molecule has 4 amide bonds. The average molecular weight is 1100 g/mol. The molecule has 23 heteroatoms. The molecule has 416 valence electrons. The summed E-state index contributed by atoms with van der Waals surface area (Å²) in [5.74, 6) is -4.31. The topological polar surface area (TPSA) is 188 Å². The van der Waals surface area contributed by atoms with Crippen molar-refractivity contribution in [2.45, 2.75) is 110 Å². The standard InChI is InChI=1S/C29H33F4N5O3.C27H27F2N7O2/c1-16(2)20-11-22(18-6-7-21(30)17(3)10-18)35-38-14-23(34-24(20)38)26(40)37-9-8-36(15-27(37,4)5)25(39)19-12-28(41,13-19)29(31,32)33;1-16(2)18-12-22(17-5-6-19(28)20(29)11-17)33-36-13-23(32-24(18)36)26(38)35-10-9-34(14-27(35,3)4)25(37)21-7-8-30-15-31-21/h6-7,10-11,14,16,19,41H,8-9,12-13,15H2,1-5H3;5-8,11-13,15-16H,9-10,14H2,1-4H3. The first kappa shape index (κ1) is 55.9. The molecule has 5 aromatic heterocycles. The second kappa shape index (κ2) is 20.8. The number of halogens is 6. The Kier molecular flexibility index (Phi) is 14.7. The van der Waals surface area contributed by atoms with Gasteiger partial charge in [-0.3, -0.25) is 19.2 Å². The van der Waals surface area contributed by atoms with Crippen LogP contribution in [-0.4, -0.2) is 150 Å². The molecule has 0 unspecified atom stereocenters. The van der Waals surface area contributed by atoms with Gasteiger partial charge in [0.2, 0.25) is 5.91 Å². The molecule has 1 aliphatic carbocycles. The van der Waals surface area contributed by atoms with Crippen molar-refractivity contribution in [3.05, 3.63) is 131 Å². The summed E-state index contributed by atoms with van der Waals surface area (Å²) in [6.07, 6.45) is -0.108. The van der Waals surface area contributed by atoms with Crippen LogP contribution in [0.5, 0.6) is 0 Å². The van der Waals surface area contributed by atoms with E-state index < -0.39 is 59.2 Å². The van der Waals surface area contributed by atoms with E-state index in [0.717, 1.165) is 28.8 Å². The largest absolute Gasteiger partial charge is 0.417 e. The van der Waals surface area contributed by atoms with E-state index in [2.05, 4.69) is 30.1 Å². The molecule has 79 heavy (non-hydrogen) atoms. The van der Waals surface area contributed by atoms with Crippen LogP contribution < -0.4 is 0 Å².